The number of fused-ring (bicyclic) bond motifs is 2. The number of nitrogens with zero attached hydrogens (tertiary/aromatic N) is 5. The number of alkyl halides is 3. The number of methoxy groups -OCH3 is 4. The number of anilines is 3. The second kappa shape index (κ2) is 25.2. The van der Waals surface area contributed by atoms with Crippen LogP contribution >= 0.6 is 0 Å². The van der Waals surface area contributed by atoms with E-state index in [2.05, 4.69) is 0 Å². The van der Waals surface area contributed by atoms with E-state index >= 15 is 0 Å². The Morgan fingerprint density at radius 2 is 1.25 bits per heavy atom. The van der Waals surface area contributed by atoms with Gasteiger partial charge in [-0.25, -0.2) is 9.37 Å². The molecule has 2 amide bonds. The first-order valence-corrected chi connectivity index (χ1v) is 22.4. The van der Waals surface area contributed by atoms with Crippen LogP contribution in [0.25, 0.3) is 33.4 Å². The summed E-state index contributed by atoms with van der Waals surface area (Å²) in [4.78, 5) is 108. The average molecular weight is 1050 g/mol. The standard InChI is InChI=1S/C48H52N5O15.C2HF3O2/c1-49(2)30-13-15-32-37(23-30)67-38-24-31(50(3)4)14-16-33(38)46(32)29-12-17-35(51(25-42(56)61-5)26-43(57)62-6)39(22-29)66-21-20-65-36-11-9-10-34(48(60)68-53-40(54)18-19-41(53)55)47(36)52(27-44(58)63-7)28-45(59)64-8;3-2(4,5)1(6)7/h9-17,22-24H,18-21,25-28H2,1-8H3;(H,6,7)/q+1;/p-1. The summed E-state index contributed by atoms with van der Waals surface area (Å²) in [7, 11) is 12.5. The molecule has 1 fully saturated rings. The highest BCUT2D eigenvalue weighted by molar-refractivity contribution is 6.05. The van der Waals surface area contributed by atoms with Gasteiger partial charge in [0.05, 0.1) is 51.4 Å². The first-order valence-electron chi connectivity index (χ1n) is 22.4. The van der Waals surface area contributed by atoms with E-state index in [1.165, 1.54) is 42.2 Å². The molecule has 25 heteroatoms. The number of rotatable bonds is 19. The van der Waals surface area contributed by atoms with Gasteiger partial charge in [0, 0.05) is 61.3 Å². The maximum absolute atomic E-state index is 13.7. The quantitative estimate of drug-likeness (QED) is 0.0288. The molecule has 0 unspecified atom stereocenters. The number of carboxylic acid groups (broad SMARTS) is 1. The van der Waals surface area contributed by atoms with Gasteiger partial charge in [-0.2, -0.15) is 13.2 Å². The van der Waals surface area contributed by atoms with Crippen LogP contribution in [-0.2, 0) is 57.3 Å². The van der Waals surface area contributed by atoms with Crippen LogP contribution in [0.1, 0.15) is 23.2 Å². The molecule has 1 saturated heterocycles. The minimum Gasteiger partial charge on any atom is -0.542 e. The lowest BCUT2D eigenvalue weighted by molar-refractivity contribution is -0.344. The van der Waals surface area contributed by atoms with Crippen LogP contribution in [0.4, 0.5) is 30.2 Å². The third-order valence-corrected chi connectivity index (χ3v) is 11.0. The number of benzene rings is 4. The number of halogens is 3. The molecule has 0 atom stereocenters. The minimum absolute atomic E-state index is 0.0397. The summed E-state index contributed by atoms with van der Waals surface area (Å²) in [6, 6.07) is 21.3. The molecule has 0 radical (unpaired) electrons. The zero-order chi connectivity index (χ0) is 55.3. The fourth-order valence-corrected chi connectivity index (χ4v) is 7.33. The number of hydroxylamine groups is 2. The van der Waals surface area contributed by atoms with E-state index in [0.29, 0.717) is 27.7 Å². The highest BCUT2D eigenvalue weighted by Crippen LogP contribution is 2.43. The Labute approximate surface area is 426 Å². The number of ether oxygens (including phenoxy) is 6. The van der Waals surface area contributed by atoms with Crippen molar-refractivity contribution in [1.29, 1.82) is 0 Å². The van der Waals surface area contributed by atoms with Gasteiger partial charge in [0.25, 0.3) is 11.8 Å². The van der Waals surface area contributed by atoms with Crippen molar-refractivity contribution < 1.29 is 94.3 Å². The molecular weight excluding hydrogens is 1000 g/mol. The number of carbonyl (C=O) groups is 8. The van der Waals surface area contributed by atoms with Gasteiger partial charge in [0.2, 0.25) is 5.36 Å². The van der Waals surface area contributed by atoms with Crippen molar-refractivity contribution in [3.05, 3.63) is 83.7 Å². The van der Waals surface area contributed by atoms with E-state index < -0.39 is 66.9 Å². The number of carboxylic acids is 1. The van der Waals surface area contributed by atoms with E-state index in [0.717, 1.165) is 41.8 Å². The Bertz CT molecular complexity index is 2970. The number of amides is 2. The second-order valence-corrected chi connectivity index (χ2v) is 16.4. The highest BCUT2D eigenvalue weighted by atomic mass is 19.4. The van der Waals surface area contributed by atoms with E-state index in [1.807, 2.05) is 80.1 Å². The van der Waals surface area contributed by atoms with Crippen LogP contribution in [-0.4, -0.2) is 155 Å². The van der Waals surface area contributed by atoms with E-state index in [-0.39, 0.29) is 61.9 Å². The zero-order valence-electron chi connectivity index (χ0n) is 41.9. The number of aliphatic carboxylic acids is 1. The molecule has 0 bridgehead atoms. The summed E-state index contributed by atoms with van der Waals surface area (Å²) in [6.07, 6.45) is -5.51. The van der Waals surface area contributed by atoms with Crippen LogP contribution in [0.5, 0.6) is 11.5 Å². The number of esters is 4. The molecule has 3 aromatic rings. The number of hydrogen-bond acceptors (Lipinski definition) is 20. The zero-order valence-corrected chi connectivity index (χ0v) is 41.9. The van der Waals surface area contributed by atoms with Gasteiger partial charge in [-0.3, -0.25) is 28.8 Å². The third-order valence-electron chi connectivity index (χ3n) is 11.0. The maximum Gasteiger partial charge on any atom is 0.430 e. The normalized spacial score (nSPS) is 12.0. The summed E-state index contributed by atoms with van der Waals surface area (Å²) in [5.74, 6) is -7.71. The van der Waals surface area contributed by atoms with Crippen LogP contribution < -0.4 is 39.2 Å². The van der Waals surface area contributed by atoms with Gasteiger partial charge >= 0.3 is 36.0 Å². The van der Waals surface area contributed by atoms with E-state index in [9.17, 15) is 46.7 Å². The molecule has 3 aliphatic rings. The molecule has 1 aliphatic carbocycles. The summed E-state index contributed by atoms with van der Waals surface area (Å²) >= 11 is 0. The summed E-state index contributed by atoms with van der Waals surface area (Å²) in [5.41, 5.74) is 3.73. The second-order valence-electron chi connectivity index (χ2n) is 16.4. The molecular formula is C50H52F3N5O17. The number of hydrogen-bond donors (Lipinski definition) is 0. The molecule has 0 N–H and O–H groups in total. The lowest BCUT2D eigenvalue weighted by atomic mass is 9.93. The molecule has 0 spiro atoms. The lowest BCUT2D eigenvalue weighted by Gasteiger charge is -2.27. The van der Waals surface area contributed by atoms with Crippen molar-refractivity contribution >= 4 is 75.7 Å². The fourth-order valence-electron chi connectivity index (χ4n) is 7.33. The van der Waals surface area contributed by atoms with Crippen molar-refractivity contribution in [2.45, 2.75) is 19.0 Å². The summed E-state index contributed by atoms with van der Waals surface area (Å²) in [6.45, 7) is -2.30. The van der Waals surface area contributed by atoms with Gasteiger partial charge in [0.15, 0.2) is 0 Å². The molecule has 75 heavy (non-hydrogen) atoms. The van der Waals surface area contributed by atoms with Gasteiger partial charge in [-0.15, -0.1) is 5.06 Å². The third kappa shape index (κ3) is 14.4. The predicted octanol–water partition coefficient (Wildman–Crippen LogP) is 2.58. The lowest BCUT2D eigenvalue weighted by Crippen LogP contribution is -2.38. The molecule has 6 rings (SSSR count). The number of para-hydroxylation sites is 1. The molecule has 0 saturated carbocycles. The van der Waals surface area contributed by atoms with Crippen LogP contribution in [0, 0.1) is 0 Å². The van der Waals surface area contributed by atoms with E-state index in [1.54, 1.807) is 12.1 Å². The molecule has 400 valence electrons. The van der Waals surface area contributed by atoms with E-state index in [4.69, 9.17) is 47.6 Å². The van der Waals surface area contributed by atoms with Crippen molar-refractivity contribution in [1.82, 2.24) is 9.64 Å². The van der Waals surface area contributed by atoms with Crippen molar-refractivity contribution in [2.75, 3.05) is 111 Å². The Morgan fingerprint density at radius 1 is 0.707 bits per heavy atom. The largest absolute Gasteiger partial charge is 0.542 e. The summed E-state index contributed by atoms with van der Waals surface area (Å²) in [5, 5.41) is 10.9. The van der Waals surface area contributed by atoms with Gasteiger partial charge in [-0.1, -0.05) is 12.1 Å². The SMILES string of the molecule is COC(=O)CN(CC(=O)OC)c1ccc(-c2c3ccc(=[N+](C)C)cc-3oc3cc(N(C)C)ccc23)cc1OCCOc1cccc(C(=O)ON2C(=O)CCC2=O)c1N(CC(=O)OC)CC(=O)OC.O=C([O-])C(F)(F)F. The first kappa shape index (κ1) is 57.0. The van der Waals surface area contributed by atoms with Crippen molar-refractivity contribution in [3.63, 3.8) is 0 Å². The Balaban J connectivity index is 0.00000138. The first-order chi connectivity index (χ1) is 35.5. The molecule has 2 aliphatic heterocycles. The average Bonchev–Trinajstić information content (AvgIpc) is 3.69. The van der Waals surface area contributed by atoms with Gasteiger partial charge in [0.1, 0.15) is 82.3 Å². The maximum atomic E-state index is 13.7. The number of imide groups is 1. The Morgan fingerprint density at radius 3 is 1.77 bits per heavy atom. The van der Waals surface area contributed by atoms with Crippen LogP contribution in [0.3, 0.4) is 0 Å². The molecule has 2 heterocycles. The fraction of sp³-hybridized carbons (Fsp3) is 0.340. The van der Waals surface area contributed by atoms with Crippen molar-refractivity contribution in [2.24, 2.45) is 0 Å². The molecule has 3 aromatic carbocycles. The molecule has 0 aromatic heterocycles. The monoisotopic (exact) mass is 1050 g/mol. The summed E-state index contributed by atoms with van der Waals surface area (Å²) < 4.78 is 72.4. The van der Waals surface area contributed by atoms with Crippen LogP contribution in [0.15, 0.2) is 77.2 Å². The van der Waals surface area contributed by atoms with Gasteiger partial charge < -0.3 is 62.3 Å². The Kier molecular flexibility index (Phi) is 19.1. The highest BCUT2D eigenvalue weighted by Gasteiger charge is 2.35. The molecule has 22 nitrogen and oxygen atoms in total. The smallest absolute Gasteiger partial charge is 0.430 e. The minimum atomic E-state index is -5.19. The Hall–Kier alpha value is -8.90. The van der Waals surface area contributed by atoms with Crippen molar-refractivity contribution in [3.8, 4) is 33.9 Å². The van der Waals surface area contributed by atoms with Crippen LogP contribution in [0.2, 0.25) is 0 Å². The number of carbonyl (C=O) groups excluding carboxylic acids is 8. The predicted molar refractivity (Wildman–Crippen MR) is 257 cm³/mol. The van der Waals surface area contributed by atoms with Gasteiger partial charge in [-0.05, 0) is 48.0 Å². The topological polar surface area (TPSA) is 253 Å².